The minimum atomic E-state index is -3.96. The van der Waals surface area contributed by atoms with Crippen LogP contribution in [0, 0.1) is 20.8 Å². The number of carbonyl (C=O) groups excluding carboxylic acids is 1. The third-order valence-corrected chi connectivity index (χ3v) is 5.89. The van der Waals surface area contributed by atoms with Gasteiger partial charge in [-0.25, -0.2) is 13.1 Å². The van der Waals surface area contributed by atoms with Gasteiger partial charge in [0.25, 0.3) is 15.9 Å². The van der Waals surface area contributed by atoms with Gasteiger partial charge in [0.05, 0.1) is 4.90 Å². The lowest BCUT2D eigenvalue weighted by atomic mass is 10.1. The van der Waals surface area contributed by atoms with Crippen molar-refractivity contribution in [1.82, 2.24) is 4.72 Å². The molecular formula is C21H21NO4S. The highest BCUT2D eigenvalue weighted by Crippen LogP contribution is 2.22. The lowest BCUT2D eigenvalue weighted by Crippen LogP contribution is -2.35. The number of hydrogen-bond acceptors (Lipinski definition) is 4. The molecule has 0 unspecified atom stereocenters. The van der Waals surface area contributed by atoms with E-state index in [1.807, 2.05) is 43.3 Å². The van der Waals surface area contributed by atoms with Crippen LogP contribution in [-0.2, 0) is 14.8 Å². The van der Waals surface area contributed by atoms with Crippen molar-refractivity contribution >= 4 is 26.7 Å². The van der Waals surface area contributed by atoms with E-state index in [-0.39, 0.29) is 11.5 Å². The zero-order valence-corrected chi connectivity index (χ0v) is 16.3. The number of aryl methyl sites for hydroxylation is 3. The Kier molecular flexibility index (Phi) is 5.19. The second kappa shape index (κ2) is 7.40. The lowest BCUT2D eigenvalue weighted by Gasteiger charge is -2.13. The summed E-state index contributed by atoms with van der Waals surface area (Å²) in [6.45, 7) is 4.93. The van der Waals surface area contributed by atoms with Gasteiger partial charge in [-0.2, -0.15) is 0 Å². The zero-order valence-electron chi connectivity index (χ0n) is 15.4. The van der Waals surface area contributed by atoms with Crippen LogP contribution in [0.3, 0.4) is 0 Å². The molecule has 0 heterocycles. The first kappa shape index (κ1) is 18.9. The van der Waals surface area contributed by atoms with Gasteiger partial charge in [-0.15, -0.1) is 0 Å². The van der Waals surface area contributed by atoms with Gasteiger partial charge in [0.2, 0.25) is 0 Å². The van der Waals surface area contributed by atoms with E-state index in [2.05, 4.69) is 4.72 Å². The Balaban J connectivity index is 1.71. The molecule has 27 heavy (non-hydrogen) atoms. The number of carbonyl (C=O) groups is 1. The Labute approximate surface area is 159 Å². The number of hydrogen-bond donors (Lipinski definition) is 1. The Hall–Kier alpha value is -2.86. The summed E-state index contributed by atoms with van der Waals surface area (Å²) in [6.07, 6.45) is 0. The molecule has 3 rings (SSSR count). The maximum atomic E-state index is 12.6. The Morgan fingerprint density at radius 3 is 2.22 bits per heavy atom. The minimum Gasteiger partial charge on any atom is -0.484 e. The van der Waals surface area contributed by atoms with E-state index < -0.39 is 15.9 Å². The zero-order chi connectivity index (χ0) is 19.6. The Morgan fingerprint density at radius 2 is 1.56 bits per heavy atom. The van der Waals surface area contributed by atoms with Crippen molar-refractivity contribution in [2.24, 2.45) is 0 Å². The predicted octanol–water partition coefficient (Wildman–Crippen LogP) is 3.65. The number of ether oxygens (including phenoxy) is 1. The molecule has 0 spiro atoms. The van der Waals surface area contributed by atoms with E-state index in [0.29, 0.717) is 16.9 Å². The highest BCUT2D eigenvalue weighted by molar-refractivity contribution is 7.90. The molecule has 1 amide bonds. The highest BCUT2D eigenvalue weighted by Gasteiger charge is 2.22. The molecule has 5 nitrogen and oxygen atoms in total. The maximum absolute atomic E-state index is 12.6. The molecule has 140 valence electrons. The second-order valence-electron chi connectivity index (χ2n) is 6.55. The van der Waals surface area contributed by atoms with E-state index in [4.69, 9.17) is 4.74 Å². The molecule has 0 bridgehead atoms. The fourth-order valence-electron chi connectivity index (χ4n) is 3.23. The van der Waals surface area contributed by atoms with Gasteiger partial charge in [-0.1, -0.05) is 48.0 Å². The van der Waals surface area contributed by atoms with Crippen molar-refractivity contribution in [2.75, 3.05) is 6.61 Å². The molecule has 3 aromatic carbocycles. The van der Waals surface area contributed by atoms with Crippen LogP contribution in [0.4, 0.5) is 0 Å². The van der Waals surface area contributed by atoms with Crippen LogP contribution in [0.2, 0.25) is 0 Å². The van der Waals surface area contributed by atoms with E-state index in [1.165, 1.54) is 0 Å². The maximum Gasteiger partial charge on any atom is 0.271 e. The predicted molar refractivity (Wildman–Crippen MR) is 105 cm³/mol. The molecule has 3 aromatic rings. The van der Waals surface area contributed by atoms with E-state index >= 15 is 0 Å². The summed E-state index contributed by atoms with van der Waals surface area (Å²) >= 11 is 0. The van der Waals surface area contributed by atoms with Gasteiger partial charge >= 0.3 is 0 Å². The highest BCUT2D eigenvalue weighted by atomic mass is 32.2. The van der Waals surface area contributed by atoms with Gasteiger partial charge in [-0.3, -0.25) is 4.79 Å². The van der Waals surface area contributed by atoms with Crippen LogP contribution in [0.5, 0.6) is 5.75 Å². The molecule has 0 atom stereocenters. The first-order valence-electron chi connectivity index (χ1n) is 8.51. The summed E-state index contributed by atoms with van der Waals surface area (Å²) in [5.41, 5.74) is 2.17. The van der Waals surface area contributed by atoms with Crippen molar-refractivity contribution in [3.8, 4) is 5.75 Å². The van der Waals surface area contributed by atoms with Crippen LogP contribution in [0.1, 0.15) is 16.7 Å². The molecule has 0 saturated carbocycles. The van der Waals surface area contributed by atoms with E-state index in [1.54, 1.807) is 32.0 Å². The standard InChI is InChI=1S/C21H21NO4S/c1-14-10-15(2)21(16(3)11-14)27(24,25)22-20(23)13-26-19-9-8-17-6-4-5-7-18(17)12-19/h4-12H,13H2,1-3H3,(H,22,23). The number of rotatable bonds is 5. The summed E-state index contributed by atoms with van der Waals surface area (Å²) in [5, 5.41) is 2.04. The third kappa shape index (κ3) is 4.28. The fraction of sp³-hybridized carbons (Fsp3) is 0.190. The number of sulfonamides is 1. The summed E-state index contributed by atoms with van der Waals surface area (Å²) < 4.78 is 32.7. The van der Waals surface area contributed by atoms with Gasteiger partial charge < -0.3 is 4.74 Å². The summed E-state index contributed by atoms with van der Waals surface area (Å²) in [7, 11) is -3.96. The van der Waals surface area contributed by atoms with Gasteiger partial charge in [0, 0.05) is 0 Å². The Bertz CT molecular complexity index is 1100. The molecular weight excluding hydrogens is 362 g/mol. The van der Waals surface area contributed by atoms with Crippen molar-refractivity contribution in [1.29, 1.82) is 0 Å². The summed E-state index contributed by atoms with van der Waals surface area (Å²) in [6, 6.07) is 16.8. The normalized spacial score (nSPS) is 11.4. The molecule has 0 aromatic heterocycles. The van der Waals surface area contributed by atoms with Crippen LogP contribution >= 0.6 is 0 Å². The topological polar surface area (TPSA) is 72.5 Å². The van der Waals surface area contributed by atoms with Crippen molar-refractivity contribution in [3.05, 3.63) is 71.3 Å². The van der Waals surface area contributed by atoms with Crippen LogP contribution in [0.25, 0.3) is 10.8 Å². The molecule has 6 heteroatoms. The second-order valence-corrected chi connectivity index (χ2v) is 8.17. The first-order chi connectivity index (χ1) is 12.8. The third-order valence-electron chi connectivity index (χ3n) is 4.21. The van der Waals surface area contributed by atoms with Gasteiger partial charge in [0.1, 0.15) is 5.75 Å². The molecule has 0 aliphatic carbocycles. The van der Waals surface area contributed by atoms with E-state index in [0.717, 1.165) is 16.3 Å². The summed E-state index contributed by atoms with van der Waals surface area (Å²) in [5.74, 6) is -0.216. The summed E-state index contributed by atoms with van der Waals surface area (Å²) in [4.78, 5) is 12.3. The van der Waals surface area contributed by atoms with Gasteiger partial charge in [-0.05, 0) is 54.8 Å². The van der Waals surface area contributed by atoms with Crippen molar-refractivity contribution < 1.29 is 17.9 Å². The Morgan fingerprint density at radius 1 is 0.926 bits per heavy atom. The van der Waals surface area contributed by atoms with Gasteiger partial charge in [0.15, 0.2) is 6.61 Å². The molecule has 0 radical (unpaired) electrons. The minimum absolute atomic E-state index is 0.132. The first-order valence-corrected chi connectivity index (χ1v) is 10.00. The molecule has 1 N–H and O–H groups in total. The number of benzene rings is 3. The molecule has 0 saturated heterocycles. The average molecular weight is 383 g/mol. The largest absolute Gasteiger partial charge is 0.484 e. The monoisotopic (exact) mass is 383 g/mol. The quantitative estimate of drug-likeness (QED) is 0.730. The SMILES string of the molecule is Cc1cc(C)c(S(=O)(=O)NC(=O)COc2ccc3ccccc3c2)c(C)c1. The van der Waals surface area contributed by atoms with Crippen LogP contribution < -0.4 is 9.46 Å². The smallest absolute Gasteiger partial charge is 0.271 e. The van der Waals surface area contributed by atoms with Crippen LogP contribution in [-0.4, -0.2) is 20.9 Å². The fourth-order valence-corrected chi connectivity index (χ4v) is 4.65. The average Bonchev–Trinajstić information content (AvgIpc) is 2.58. The molecule has 0 aliphatic heterocycles. The van der Waals surface area contributed by atoms with E-state index in [9.17, 15) is 13.2 Å². The number of nitrogens with one attached hydrogen (secondary N) is 1. The molecule has 0 aliphatic rings. The van der Waals surface area contributed by atoms with Crippen molar-refractivity contribution in [2.45, 2.75) is 25.7 Å². The lowest BCUT2D eigenvalue weighted by molar-refractivity contribution is -0.121. The number of fused-ring (bicyclic) bond motifs is 1. The molecule has 0 fully saturated rings. The van der Waals surface area contributed by atoms with Crippen LogP contribution in [0.15, 0.2) is 59.5 Å². The van der Waals surface area contributed by atoms with Crippen molar-refractivity contribution in [3.63, 3.8) is 0 Å². The number of amides is 1.